The highest BCUT2D eigenvalue weighted by Gasteiger charge is 2.20. The van der Waals surface area contributed by atoms with E-state index in [1.165, 1.54) is 10.6 Å². The van der Waals surface area contributed by atoms with Gasteiger partial charge in [0.25, 0.3) is 0 Å². The molecule has 3 nitrogen and oxygen atoms in total. The number of amidine groups is 1. The van der Waals surface area contributed by atoms with E-state index < -0.39 is 0 Å². The van der Waals surface area contributed by atoms with Crippen molar-refractivity contribution in [1.82, 2.24) is 10.3 Å². The zero-order valence-corrected chi connectivity index (χ0v) is 13.7. The van der Waals surface area contributed by atoms with Crippen molar-refractivity contribution >= 4 is 28.3 Å². The minimum Gasteiger partial charge on any atom is -0.361 e. The lowest BCUT2D eigenvalue weighted by atomic mass is 10.1. The summed E-state index contributed by atoms with van der Waals surface area (Å²) in [5, 5.41) is 7.81. The minimum absolute atomic E-state index is 0.396. The molecule has 0 spiro atoms. The molecule has 1 fully saturated rings. The Kier molecular flexibility index (Phi) is 4.93. The highest BCUT2D eigenvalue weighted by molar-refractivity contribution is 8.14. The average Bonchev–Trinajstić information content (AvgIpc) is 3.17. The molecule has 0 radical (unpaired) electrons. The number of nitrogens with zero attached hydrogens (tertiary/aromatic N) is 2. The molecule has 1 aromatic heterocycles. The molecule has 2 atom stereocenters. The van der Waals surface area contributed by atoms with Gasteiger partial charge in [-0.3, -0.25) is 4.99 Å². The van der Waals surface area contributed by atoms with E-state index in [0.717, 1.165) is 23.9 Å². The molecule has 110 valence electrons. The maximum absolute atomic E-state index is 4.71. The first-order chi connectivity index (χ1) is 10.3. The van der Waals surface area contributed by atoms with Gasteiger partial charge in [-0.2, -0.15) is 0 Å². The molecule has 0 bridgehead atoms. The molecule has 1 N–H and O–H groups in total. The summed E-state index contributed by atoms with van der Waals surface area (Å²) in [4.78, 5) is 9.06. The summed E-state index contributed by atoms with van der Waals surface area (Å²) in [7, 11) is 0. The number of thioether (sulfide) groups is 1. The second kappa shape index (κ2) is 7.09. The Bertz CT molecular complexity index is 581. The van der Waals surface area contributed by atoms with Crippen LogP contribution in [0, 0.1) is 0 Å². The Morgan fingerprint density at radius 1 is 1.38 bits per heavy atom. The number of rotatable bonds is 5. The fourth-order valence-electron chi connectivity index (χ4n) is 2.31. The van der Waals surface area contributed by atoms with Gasteiger partial charge in [0.15, 0.2) is 5.17 Å². The number of aromatic nitrogens is 1. The Hall–Kier alpha value is -1.33. The topological polar surface area (TPSA) is 37.3 Å². The van der Waals surface area contributed by atoms with E-state index in [1.54, 1.807) is 11.3 Å². The van der Waals surface area contributed by atoms with Crippen LogP contribution in [0.3, 0.4) is 0 Å². The Morgan fingerprint density at radius 3 is 3.00 bits per heavy atom. The van der Waals surface area contributed by atoms with Crippen LogP contribution < -0.4 is 5.32 Å². The molecule has 2 unspecified atom stereocenters. The number of hydrogen-bond donors (Lipinski definition) is 1. The Labute approximate surface area is 133 Å². The van der Waals surface area contributed by atoms with Crippen molar-refractivity contribution in [2.75, 3.05) is 12.3 Å². The van der Waals surface area contributed by atoms with Crippen molar-refractivity contribution < 1.29 is 0 Å². The van der Waals surface area contributed by atoms with Crippen LogP contribution in [0.15, 0.2) is 46.9 Å². The predicted molar refractivity (Wildman–Crippen MR) is 92.4 cm³/mol. The number of thiazole rings is 1. The highest BCUT2D eigenvalue weighted by atomic mass is 32.2. The molecular formula is C16H19N3S2. The van der Waals surface area contributed by atoms with E-state index in [9.17, 15) is 0 Å². The molecule has 2 heterocycles. The third-order valence-electron chi connectivity index (χ3n) is 3.46. The lowest BCUT2D eigenvalue weighted by Gasteiger charge is -2.10. The molecule has 1 aromatic carbocycles. The van der Waals surface area contributed by atoms with Crippen molar-refractivity contribution in [3.05, 3.63) is 52.5 Å². The Balaban J connectivity index is 1.51. The van der Waals surface area contributed by atoms with Gasteiger partial charge in [0, 0.05) is 29.3 Å². The molecule has 0 amide bonds. The van der Waals surface area contributed by atoms with Crippen LogP contribution >= 0.6 is 23.1 Å². The maximum Gasteiger partial charge on any atom is 0.156 e. The minimum atomic E-state index is 0.396. The Morgan fingerprint density at radius 2 is 2.24 bits per heavy atom. The van der Waals surface area contributed by atoms with Crippen LogP contribution in [0.25, 0.3) is 0 Å². The molecule has 2 aromatic rings. The fourth-order valence-corrected chi connectivity index (χ4v) is 3.98. The summed E-state index contributed by atoms with van der Waals surface area (Å²) >= 11 is 3.54. The van der Waals surface area contributed by atoms with Crippen molar-refractivity contribution in [2.45, 2.75) is 25.3 Å². The van der Waals surface area contributed by atoms with Gasteiger partial charge in [0.05, 0.1) is 11.6 Å². The first kappa shape index (κ1) is 14.6. The van der Waals surface area contributed by atoms with Crippen LogP contribution in [0.4, 0.5) is 0 Å². The van der Waals surface area contributed by atoms with Gasteiger partial charge >= 0.3 is 0 Å². The van der Waals surface area contributed by atoms with Gasteiger partial charge in [-0.05, 0) is 12.0 Å². The quantitative estimate of drug-likeness (QED) is 0.916. The van der Waals surface area contributed by atoms with E-state index >= 15 is 0 Å². The summed E-state index contributed by atoms with van der Waals surface area (Å²) in [5.41, 5.74) is 1.38. The van der Waals surface area contributed by atoms with Crippen molar-refractivity contribution in [1.29, 1.82) is 0 Å². The van der Waals surface area contributed by atoms with E-state index in [1.807, 2.05) is 23.3 Å². The molecule has 1 aliphatic rings. The number of nitrogens with one attached hydrogen (secondary N) is 1. The van der Waals surface area contributed by atoms with Crippen molar-refractivity contribution in [3.8, 4) is 0 Å². The standard InChI is InChI=1S/C16H19N3S2/c1-12(15-17-7-8-20-15)10-18-16-19-14(11-21-16)9-13-5-3-2-4-6-13/h2-8,12,14H,9-11H2,1H3,(H,18,19). The van der Waals surface area contributed by atoms with E-state index in [2.05, 4.69) is 47.6 Å². The second-order valence-electron chi connectivity index (χ2n) is 5.26. The summed E-state index contributed by atoms with van der Waals surface area (Å²) in [5.74, 6) is 1.49. The lowest BCUT2D eigenvalue weighted by molar-refractivity contribution is 0.683. The monoisotopic (exact) mass is 317 g/mol. The van der Waals surface area contributed by atoms with Gasteiger partial charge in [0.1, 0.15) is 0 Å². The normalized spacial score (nSPS) is 21.4. The molecule has 1 aliphatic heterocycles. The molecule has 21 heavy (non-hydrogen) atoms. The average molecular weight is 317 g/mol. The molecule has 1 saturated heterocycles. The van der Waals surface area contributed by atoms with Crippen molar-refractivity contribution in [2.24, 2.45) is 4.99 Å². The number of hydrogen-bond acceptors (Lipinski definition) is 4. The number of benzene rings is 1. The lowest BCUT2D eigenvalue weighted by Crippen LogP contribution is -2.29. The summed E-state index contributed by atoms with van der Waals surface area (Å²) < 4.78 is 0. The zero-order chi connectivity index (χ0) is 14.5. The molecule has 0 saturated carbocycles. The largest absolute Gasteiger partial charge is 0.361 e. The summed E-state index contributed by atoms with van der Waals surface area (Å²) in [6, 6.07) is 11.1. The third-order valence-corrected chi connectivity index (χ3v) is 5.55. The summed E-state index contributed by atoms with van der Waals surface area (Å²) in [6.07, 6.45) is 2.93. The molecule has 5 heteroatoms. The van der Waals surface area contributed by atoms with Crippen LogP contribution in [0.1, 0.15) is 23.4 Å². The van der Waals surface area contributed by atoms with Crippen molar-refractivity contribution in [3.63, 3.8) is 0 Å². The highest BCUT2D eigenvalue weighted by Crippen LogP contribution is 2.21. The summed E-state index contributed by atoms with van der Waals surface area (Å²) in [6.45, 7) is 2.99. The van der Waals surface area contributed by atoms with Gasteiger partial charge < -0.3 is 5.32 Å². The van der Waals surface area contributed by atoms with E-state index in [4.69, 9.17) is 4.99 Å². The predicted octanol–water partition coefficient (Wildman–Crippen LogP) is 3.55. The zero-order valence-electron chi connectivity index (χ0n) is 12.0. The molecule has 3 rings (SSSR count). The molecule has 0 aliphatic carbocycles. The van der Waals surface area contributed by atoms with E-state index in [0.29, 0.717) is 12.0 Å². The molecular weight excluding hydrogens is 298 g/mol. The van der Waals surface area contributed by atoms with E-state index in [-0.39, 0.29) is 0 Å². The third kappa shape index (κ3) is 4.08. The van der Waals surface area contributed by atoms with Gasteiger partial charge in [0.2, 0.25) is 0 Å². The van der Waals surface area contributed by atoms with Gasteiger partial charge in [-0.25, -0.2) is 4.98 Å². The first-order valence-corrected chi connectivity index (χ1v) is 9.05. The number of aliphatic imine (C=N–C) groups is 1. The van der Waals surface area contributed by atoms with Crippen LogP contribution in [-0.2, 0) is 6.42 Å². The van der Waals surface area contributed by atoms with Gasteiger partial charge in [-0.15, -0.1) is 11.3 Å². The first-order valence-electron chi connectivity index (χ1n) is 7.18. The smallest absolute Gasteiger partial charge is 0.156 e. The SMILES string of the molecule is CC(CN=C1NC(Cc2ccccc2)CS1)c1nccs1. The van der Waals surface area contributed by atoms with Crippen LogP contribution in [0.5, 0.6) is 0 Å². The van der Waals surface area contributed by atoms with Crippen LogP contribution in [0.2, 0.25) is 0 Å². The maximum atomic E-state index is 4.71. The fraction of sp³-hybridized carbons (Fsp3) is 0.375. The second-order valence-corrected chi connectivity index (χ2v) is 7.19. The van der Waals surface area contributed by atoms with Crippen LogP contribution in [-0.4, -0.2) is 28.5 Å². The van der Waals surface area contributed by atoms with Gasteiger partial charge in [-0.1, -0.05) is 49.0 Å².